The molecule has 0 aliphatic carbocycles. The first-order chi connectivity index (χ1) is 11.5. The van der Waals surface area contributed by atoms with E-state index in [9.17, 15) is 4.79 Å². The summed E-state index contributed by atoms with van der Waals surface area (Å²) in [6, 6.07) is 11.8. The minimum absolute atomic E-state index is 0.0695. The summed E-state index contributed by atoms with van der Waals surface area (Å²) in [5.41, 5.74) is 3.56. The lowest BCUT2D eigenvalue weighted by molar-refractivity contribution is 0.0774. The van der Waals surface area contributed by atoms with Crippen LogP contribution in [0.25, 0.3) is 5.69 Å². The highest BCUT2D eigenvalue weighted by Gasteiger charge is 2.19. The quantitative estimate of drug-likeness (QED) is 0.736. The molecule has 24 heavy (non-hydrogen) atoms. The van der Waals surface area contributed by atoms with Crippen molar-refractivity contribution in [2.75, 3.05) is 7.05 Å². The zero-order chi connectivity index (χ0) is 17.3. The van der Waals surface area contributed by atoms with Crippen molar-refractivity contribution in [1.82, 2.24) is 14.7 Å². The summed E-state index contributed by atoms with van der Waals surface area (Å²) in [5.74, 6) is 1.54. The molecule has 0 aliphatic rings. The highest BCUT2D eigenvalue weighted by Crippen LogP contribution is 2.17. The van der Waals surface area contributed by atoms with Gasteiger partial charge in [0.25, 0.3) is 5.91 Å². The van der Waals surface area contributed by atoms with Gasteiger partial charge in [0.05, 0.1) is 29.7 Å². The molecule has 0 aliphatic heterocycles. The minimum Gasteiger partial charge on any atom is -0.464 e. The molecule has 0 saturated heterocycles. The third-order valence-corrected chi connectivity index (χ3v) is 4.05. The first kappa shape index (κ1) is 16.1. The highest BCUT2D eigenvalue weighted by molar-refractivity contribution is 5.95. The van der Waals surface area contributed by atoms with Crippen LogP contribution in [0.2, 0.25) is 0 Å². The molecule has 2 heterocycles. The number of benzene rings is 1. The molecule has 0 radical (unpaired) electrons. The molecule has 5 heteroatoms. The van der Waals surface area contributed by atoms with Gasteiger partial charge in [-0.1, -0.05) is 17.7 Å². The van der Waals surface area contributed by atoms with Crippen LogP contribution in [-0.4, -0.2) is 27.6 Å². The van der Waals surface area contributed by atoms with E-state index in [2.05, 4.69) is 5.10 Å². The number of nitrogens with zero attached hydrogens (tertiary/aromatic N) is 3. The number of rotatable bonds is 4. The van der Waals surface area contributed by atoms with Crippen LogP contribution in [0.4, 0.5) is 0 Å². The highest BCUT2D eigenvalue weighted by atomic mass is 16.3. The minimum atomic E-state index is -0.0695. The number of aryl methyl sites for hydroxylation is 2. The molecule has 0 unspecified atom stereocenters. The Morgan fingerprint density at radius 1 is 1.12 bits per heavy atom. The van der Waals surface area contributed by atoms with Crippen LogP contribution in [0.1, 0.15) is 33.1 Å². The standard InChI is InChI=1S/C19H21N3O2/c1-13-5-8-16(9-6-13)22-15(3)18(11-20-22)19(23)21(4)12-17-10-7-14(2)24-17/h5-11H,12H2,1-4H3. The van der Waals surface area contributed by atoms with E-state index in [-0.39, 0.29) is 5.91 Å². The van der Waals surface area contributed by atoms with Gasteiger partial charge in [-0.2, -0.15) is 5.10 Å². The molecule has 2 aromatic heterocycles. The Kier molecular flexibility index (Phi) is 4.25. The van der Waals surface area contributed by atoms with Gasteiger partial charge in [-0.3, -0.25) is 4.79 Å². The molecule has 3 rings (SSSR count). The van der Waals surface area contributed by atoms with Gasteiger partial charge in [-0.15, -0.1) is 0 Å². The SMILES string of the molecule is Cc1ccc(-n2ncc(C(=O)N(C)Cc3ccc(C)o3)c2C)cc1. The third-order valence-electron chi connectivity index (χ3n) is 4.05. The second-order valence-corrected chi connectivity index (χ2v) is 6.06. The molecule has 1 amide bonds. The van der Waals surface area contributed by atoms with Gasteiger partial charge in [-0.25, -0.2) is 4.68 Å². The number of hydrogen-bond donors (Lipinski definition) is 0. The monoisotopic (exact) mass is 323 g/mol. The Labute approximate surface area is 141 Å². The van der Waals surface area contributed by atoms with E-state index in [4.69, 9.17) is 4.42 Å². The van der Waals surface area contributed by atoms with Crippen LogP contribution >= 0.6 is 0 Å². The molecule has 0 atom stereocenters. The maximum atomic E-state index is 12.7. The van der Waals surface area contributed by atoms with E-state index in [0.717, 1.165) is 22.9 Å². The Morgan fingerprint density at radius 3 is 2.46 bits per heavy atom. The van der Waals surface area contributed by atoms with Crippen LogP contribution in [0, 0.1) is 20.8 Å². The van der Waals surface area contributed by atoms with Crippen molar-refractivity contribution in [2.24, 2.45) is 0 Å². The maximum absolute atomic E-state index is 12.7. The van der Waals surface area contributed by atoms with Crippen LogP contribution in [0.3, 0.4) is 0 Å². The first-order valence-electron chi connectivity index (χ1n) is 7.88. The van der Waals surface area contributed by atoms with Crippen LogP contribution in [-0.2, 0) is 6.54 Å². The van der Waals surface area contributed by atoms with Gasteiger partial charge in [0, 0.05) is 7.05 Å². The zero-order valence-corrected chi connectivity index (χ0v) is 14.4. The molecule has 0 spiro atoms. The fraction of sp³-hybridized carbons (Fsp3) is 0.263. The van der Waals surface area contributed by atoms with Crippen molar-refractivity contribution in [2.45, 2.75) is 27.3 Å². The van der Waals surface area contributed by atoms with Crippen molar-refractivity contribution in [3.63, 3.8) is 0 Å². The Hall–Kier alpha value is -2.82. The lowest BCUT2D eigenvalue weighted by Crippen LogP contribution is -2.26. The number of furan rings is 1. The number of aromatic nitrogens is 2. The third kappa shape index (κ3) is 3.11. The van der Waals surface area contributed by atoms with Gasteiger partial charge >= 0.3 is 0 Å². The normalized spacial score (nSPS) is 10.8. The molecule has 5 nitrogen and oxygen atoms in total. The van der Waals surface area contributed by atoms with Crippen molar-refractivity contribution < 1.29 is 9.21 Å². The second-order valence-electron chi connectivity index (χ2n) is 6.06. The number of carbonyl (C=O) groups is 1. The molecule has 124 valence electrons. The molecule has 1 aromatic carbocycles. The topological polar surface area (TPSA) is 51.3 Å². The number of hydrogen-bond acceptors (Lipinski definition) is 3. The van der Waals surface area contributed by atoms with Crippen molar-refractivity contribution in [1.29, 1.82) is 0 Å². The van der Waals surface area contributed by atoms with Gasteiger partial charge < -0.3 is 9.32 Å². The molecular formula is C19H21N3O2. The average molecular weight is 323 g/mol. The van der Waals surface area contributed by atoms with Gasteiger partial charge in [0.15, 0.2) is 0 Å². The summed E-state index contributed by atoms with van der Waals surface area (Å²) in [7, 11) is 1.77. The molecule has 3 aromatic rings. The molecular weight excluding hydrogens is 302 g/mol. The summed E-state index contributed by atoms with van der Waals surface area (Å²) >= 11 is 0. The second kappa shape index (κ2) is 6.35. The summed E-state index contributed by atoms with van der Waals surface area (Å²) < 4.78 is 7.33. The Bertz CT molecular complexity index is 859. The molecule has 0 bridgehead atoms. The summed E-state index contributed by atoms with van der Waals surface area (Å²) in [4.78, 5) is 14.3. The fourth-order valence-corrected chi connectivity index (χ4v) is 2.65. The molecule has 0 fully saturated rings. The van der Waals surface area contributed by atoms with E-state index < -0.39 is 0 Å². The van der Waals surface area contributed by atoms with Gasteiger partial charge in [-0.05, 0) is 45.0 Å². The smallest absolute Gasteiger partial charge is 0.257 e. The van der Waals surface area contributed by atoms with Crippen LogP contribution in [0.15, 0.2) is 47.0 Å². The summed E-state index contributed by atoms with van der Waals surface area (Å²) in [5, 5.41) is 4.38. The van der Waals surface area contributed by atoms with Crippen molar-refractivity contribution in [3.8, 4) is 5.69 Å². The van der Waals surface area contributed by atoms with Gasteiger partial charge in [0.1, 0.15) is 11.5 Å². The van der Waals surface area contributed by atoms with Crippen molar-refractivity contribution >= 4 is 5.91 Å². The maximum Gasteiger partial charge on any atom is 0.257 e. The van der Waals surface area contributed by atoms with Crippen molar-refractivity contribution in [3.05, 3.63) is 70.9 Å². The molecule has 0 N–H and O–H groups in total. The largest absolute Gasteiger partial charge is 0.464 e. The Balaban J connectivity index is 1.81. The van der Waals surface area contributed by atoms with Crippen LogP contribution < -0.4 is 0 Å². The Morgan fingerprint density at radius 2 is 1.83 bits per heavy atom. The zero-order valence-electron chi connectivity index (χ0n) is 14.4. The van der Waals surface area contributed by atoms with Crippen LogP contribution in [0.5, 0.6) is 0 Å². The number of amides is 1. The van der Waals surface area contributed by atoms with E-state index in [1.54, 1.807) is 22.8 Å². The van der Waals surface area contributed by atoms with E-state index >= 15 is 0 Å². The lowest BCUT2D eigenvalue weighted by atomic mass is 10.2. The average Bonchev–Trinajstić information content (AvgIpc) is 3.13. The predicted molar refractivity (Wildman–Crippen MR) is 92.3 cm³/mol. The van der Waals surface area contributed by atoms with Gasteiger partial charge in [0.2, 0.25) is 0 Å². The summed E-state index contributed by atoms with van der Waals surface area (Å²) in [6.07, 6.45) is 1.63. The first-order valence-corrected chi connectivity index (χ1v) is 7.88. The van der Waals surface area contributed by atoms with E-state index in [1.165, 1.54) is 5.56 Å². The van der Waals surface area contributed by atoms with E-state index in [1.807, 2.05) is 57.2 Å². The predicted octanol–water partition coefficient (Wildman–Crippen LogP) is 3.66. The van der Waals surface area contributed by atoms with E-state index in [0.29, 0.717) is 12.1 Å². The lowest BCUT2D eigenvalue weighted by Gasteiger charge is -2.15. The number of carbonyl (C=O) groups excluding carboxylic acids is 1. The fourth-order valence-electron chi connectivity index (χ4n) is 2.65. The summed E-state index contributed by atoms with van der Waals surface area (Å²) in [6.45, 7) is 6.27. The molecule has 0 saturated carbocycles.